The first-order valence-electron chi connectivity index (χ1n) is 9.92. The lowest BCUT2D eigenvalue weighted by Crippen LogP contribution is -2.30. The molecule has 0 spiro atoms. The average molecular weight is 405 g/mol. The molecule has 29 heavy (non-hydrogen) atoms. The Morgan fingerprint density at radius 3 is 1.66 bits per heavy atom. The van der Waals surface area contributed by atoms with E-state index in [1.54, 1.807) is 6.92 Å². The third-order valence-electron chi connectivity index (χ3n) is 5.43. The van der Waals surface area contributed by atoms with Crippen LogP contribution in [0.3, 0.4) is 0 Å². The maximum absolute atomic E-state index is 12.5. The van der Waals surface area contributed by atoms with Crippen LogP contribution >= 0.6 is 7.79 Å². The van der Waals surface area contributed by atoms with Crippen LogP contribution < -0.4 is 9.34 Å². The van der Waals surface area contributed by atoms with Crippen LogP contribution in [0.5, 0.6) is 0 Å². The summed E-state index contributed by atoms with van der Waals surface area (Å²) in [5, 5.41) is 0. The molecule has 1 radical (unpaired) electrons. The van der Waals surface area contributed by atoms with Crippen molar-refractivity contribution in [2.75, 3.05) is 22.4 Å². The summed E-state index contributed by atoms with van der Waals surface area (Å²) in [7, 11) is -2.92. The third kappa shape index (κ3) is 3.78. The van der Waals surface area contributed by atoms with E-state index in [-0.39, 0.29) is 11.4 Å². The van der Waals surface area contributed by atoms with Gasteiger partial charge in [-0.1, -0.05) is 66.7 Å². The number of carbonyl (C=O) groups is 1. The minimum atomic E-state index is -2.92. The number of rotatable bonds is 6. The summed E-state index contributed by atoms with van der Waals surface area (Å²) in [6, 6.07) is 30.1. The first-order chi connectivity index (χ1) is 14.1. The fourth-order valence-corrected chi connectivity index (χ4v) is 7.86. The van der Waals surface area contributed by atoms with Gasteiger partial charge in [0.15, 0.2) is 7.79 Å². The van der Waals surface area contributed by atoms with Crippen LogP contribution in [-0.2, 0) is 4.79 Å². The highest BCUT2D eigenvalue weighted by atomic mass is 31.2. The van der Waals surface area contributed by atoms with Gasteiger partial charge in [-0.05, 0) is 36.8 Å². The van der Waals surface area contributed by atoms with E-state index in [2.05, 4.69) is 9.34 Å². The second-order valence-electron chi connectivity index (χ2n) is 7.36. The van der Waals surface area contributed by atoms with Gasteiger partial charge in [0.1, 0.15) is 5.78 Å². The minimum Gasteiger partial charge on any atom is -0.345 e. The molecule has 3 aromatic carbocycles. The molecule has 1 atom stereocenters. The molecule has 1 unspecified atom stereocenters. The van der Waals surface area contributed by atoms with Crippen LogP contribution in [0, 0.1) is 0 Å². The highest BCUT2D eigenvalue weighted by Gasteiger charge is 2.51. The molecule has 1 N–H and O–H groups in total. The molecular weight excluding hydrogens is 379 g/mol. The maximum atomic E-state index is 12.5. The first kappa shape index (κ1) is 19.6. The summed E-state index contributed by atoms with van der Waals surface area (Å²) in [5.41, 5.74) is 2.70. The van der Waals surface area contributed by atoms with Crippen LogP contribution in [0.2, 0.25) is 0 Å². The lowest BCUT2D eigenvalue weighted by atomic mass is 10.1. The van der Waals surface area contributed by atoms with E-state index in [1.165, 1.54) is 0 Å². The second kappa shape index (κ2) is 8.36. The molecule has 1 aliphatic heterocycles. The van der Waals surface area contributed by atoms with Crippen molar-refractivity contribution in [1.29, 1.82) is 0 Å². The molecule has 0 aliphatic carbocycles. The molecule has 0 amide bonds. The highest BCUT2D eigenvalue weighted by molar-refractivity contribution is 7.74. The van der Waals surface area contributed by atoms with Crippen molar-refractivity contribution in [3.05, 3.63) is 96.6 Å². The minimum absolute atomic E-state index is 0.0835. The van der Waals surface area contributed by atoms with Gasteiger partial charge in [0.25, 0.3) is 0 Å². The molecule has 3 aromatic rings. The van der Waals surface area contributed by atoms with Crippen molar-refractivity contribution < 1.29 is 9.69 Å². The second-order valence-corrected chi connectivity index (χ2v) is 10.2. The zero-order chi connectivity index (χ0) is 20.3. The molecule has 4 rings (SSSR count). The summed E-state index contributed by atoms with van der Waals surface area (Å²) < 4.78 is 4.28. The molecule has 1 fully saturated rings. The molecule has 0 bridgehead atoms. The van der Waals surface area contributed by atoms with Gasteiger partial charge in [-0.25, -0.2) is 0 Å². The van der Waals surface area contributed by atoms with Gasteiger partial charge in [0, 0.05) is 30.9 Å². The van der Waals surface area contributed by atoms with E-state index in [1.807, 2.05) is 91.0 Å². The number of ketones is 1. The lowest BCUT2D eigenvalue weighted by molar-refractivity contribution is -0.117. The van der Waals surface area contributed by atoms with Crippen LogP contribution in [0.15, 0.2) is 91.0 Å². The molecule has 1 heterocycles. The Kier molecular flexibility index (Phi) is 5.66. The Balaban J connectivity index is 1.87. The van der Waals surface area contributed by atoms with Gasteiger partial charge < -0.3 is 14.2 Å². The number of anilines is 2. The standard InChI is InChI=1S/C24H26N2O2P/c1-20(27)19-24(21-11-5-2-6-12-21)29(28)25(22-13-7-3-8-14-22)17-18-26(29)23-15-9-4-10-16-23/h2-16,24,28H,17-19H2,1H3. The summed E-state index contributed by atoms with van der Waals surface area (Å²) in [6.07, 6.45) is 0.307. The average Bonchev–Trinajstić information content (AvgIpc) is 3.11. The van der Waals surface area contributed by atoms with Gasteiger partial charge in [-0.15, -0.1) is 0 Å². The van der Waals surface area contributed by atoms with Gasteiger partial charge >= 0.3 is 0 Å². The fraction of sp³-hybridized carbons (Fsp3) is 0.208. The van der Waals surface area contributed by atoms with E-state index in [0.717, 1.165) is 16.9 Å². The number of nitrogens with zero attached hydrogens (tertiary/aromatic N) is 2. The number of carbonyl (C=O) groups excluding carboxylic acids is 1. The fourth-order valence-electron chi connectivity index (χ4n) is 4.14. The van der Waals surface area contributed by atoms with E-state index >= 15 is 0 Å². The van der Waals surface area contributed by atoms with Crippen LogP contribution in [-0.4, -0.2) is 23.8 Å². The number of benzene rings is 3. The normalized spacial score (nSPS) is 16.6. The predicted molar refractivity (Wildman–Crippen MR) is 121 cm³/mol. The molecule has 1 saturated heterocycles. The third-order valence-corrected chi connectivity index (χ3v) is 9.03. The topological polar surface area (TPSA) is 43.8 Å². The number of Topliss-reactive ketones (excluding diaryl/α,β-unsaturated/α-hetero) is 1. The smallest absolute Gasteiger partial charge is 0.169 e. The van der Waals surface area contributed by atoms with E-state index < -0.39 is 7.79 Å². The highest BCUT2D eigenvalue weighted by Crippen LogP contribution is 2.75. The molecule has 1 aliphatic rings. The Morgan fingerprint density at radius 2 is 1.24 bits per heavy atom. The van der Waals surface area contributed by atoms with Crippen LogP contribution in [0.1, 0.15) is 24.6 Å². The van der Waals surface area contributed by atoms with Crippen LogP contribution in [0.25, 0.3) is 0 Å². The summed E-state index contributed by atoms with van der Waals surface area (Å²) in [6.45, 7) is 3.03. The Hall–Kier alpha value is -2.68. The zero-order valence-corrected chi connectivity index (χ0v) is 17.5. The molecular formula is C24H26N2O2P. The summed E-state index contributed by atoms with van der Waals surface area (Å²) in [4.78, 5) is 24.8. The Labute approximate surface area is 172 Å². The molecule has 0 saturated carbocycles. The van der Waals surface area contributed by atoms with Gasteiger partial charge in [0.05, 0.1) is 5.66 Å². The van der Waals surface area contributed by atoms with Crippen molar-refractivity contribution in [1.82, 2.24) is 0 Å². The molecule has 0 aromatic heterocycles. The van der Waals surface area contributed by atoms with Crippen LogP contribution in [0.4, 0.5) is 11.4 Å². The lowest BCUT2D eigenvalue weighted by Gasteiger charge is -2.47. The Bertz CT molecular complexity index is 903. The summed E-state index contributed by atoms with van der Waals surface area (Å²) >= 11 is 0. The zero-order valence-electron chi connectivity index (χ0n) is 16.6. The monoisotopic (exact) mass is 405 g/mol. The first-order valence-corrected chi connectivity index (χ1v) is 11.6. The van der Waals surface area contributed by atoms with E-state index in [0.29, 0.717) is 19.5 Å². The number of hydrogen-bond acceptors (Lipinski definition) is 4. The largest absolute Gasteiger partial charge is 0.345 e. The van der Waals surface area contributed by atoms with Crippen molar-refractivity contribution in [2.24, 2.45) is 0 Å². The number of para-hydroxylation sites is 2. The van der Waals surface area contributed by atoms with Gasteiger partial charge in [-0.3, -0.25) is 4.79 Å². The van der Waals surface area contributed by atoms with Gasteiger partial charge in [-0.2, -0.15) is 0 Å². The molecule has 5 heteroatoms. The number of hydrogen-bond donors (Lipinski definition) is 1. The SMILES string of the molecule is CC(=O)CC(c1ccccc1)[P]1(O)N(c2ccccc2)CCN1c1ccccc1. The predicted octanol–water partition coefficient (Wildman–Crippen LogP) is 5.49. The van der Waals surface area contributed by atoms with E-state index in [9.17, 15) is 9.69 Å². The molecule has 149 valence electrons. The van der Waals surface area contributed by atoms with E-state index in [4.69, 9.17) is 0 Å². The molecule has 4 nitrogen and oxygen atoms in total. The Morgan fingerprint density at radius 1 is 0.828 bits per heavy atom. The quantitative estimate of drug-likeness (QED) is 0.551. The van der Waals surface area contributed by atoms with Crippen molar-refractivity contribution in [3.8, 4) is 0 Å². The maximum Gasteiger partial charge on any atom is 0.169 e. The van der Waals surface area contributed by atoms with Gasteiger partial charge in [0.2, 0.25) is 0 Å². The van der Waals surface area contributed by atoms with Crippen molar-refractivity contribution in [3.63, 3.8) is 0 Å². The van der Waals surface area contributed by atoms with Crippen molar-refractivity contribution in [2.45, 2.75) is 19.0 Å². The van der Waals surface area contributed by atoms with Crippen molar-refractivity contribution >= 4 is 24.9 Å². The summed E-state index contributed by atoms with van der Waals surface area (Å²) in [5.74, 6) is 0.0835.